The first kappa shape index (κ1) is 14.0. The SMILES string of the molecule is CCCn1ccnc1CNc1ccc(C)cc1[N+](=O)[O-]. The quantitative estimate of drug-likeness (QED) is 0.648. The maximum atomic E-state index is 11.0. The lowest BCUT2D eigenvalue weighted by molar-refractivity contribution is -0.384. The molecule has 0 amide bonds. The van der Waals surface area contributed by atoms with Gasteiger partial charge in [0.25, 0.3) is 5.69 Å². The maximum Gasteiger partial charge on any atom is 0.292 e. The minimum Gasteiger partial charge on any atom is -0.372 e. The van der Waals surface area contributed by atoms with Crippen molar-refractivity contribution in [3.63, 3.8) is 0 Å². The third kappa shape index (κ3) is 3.14. The molecule has 2 aromatic rings. The molecule has 1 heterocycles. The largest absolute Gasteiger partial charge is 0.372 e. The van der Waals surface area contributed by atoms with Gasteiger partial charge in [-0.25, -0.2) is 4.98 Å². The zero-order valence-corrected chi connectivity index (χ0v) is 11.7. The summed E-state index contributed by atoms with van der Waals surface area (Å²) < 4.78 is 2.05. The molecule has 2 rings (SSSR count). The molecule has 0 radical (unpaired) electrons. The van der Waals surface area contributed by atoms with Crippen molar-refractivity contribution in [2.24, 2.45) is 0 Å². The Morgan fingerprint density at radius 2 is 2.25 bits per heavy atom. The topological polar surface area (TPSA) is 73.0 Å². The summed E-state index contributed by atoms with van der Waals surface area (Å²) in [6, 6.07) is 5.16. The highest BCUT2D eigenvalue weighted by Gasteiger charge is 2.14. The van der Waals surface area contributed by atoms with E-state index in [1.165, 1.54) is 0 Å². The van der Waals surface area contributed by atoms with Gasteiger partial charge in [-0.3, -0.25) is 10.1 Å². The fourth-order valence-corrected chi connectivity index (χ4v) is 2.07. The zero-order chi connectivity index (χ0) is 14.5. The lowest BCUT2D eigenvalue weighted by Gasteiger charge is -2.09. The molecule has 0 atom stereocenters. The second-order valence-corrected chi connectivity index (χ2v) is 4.67. The van der Waals surface area contributed by atoms with Crippen molar-refractivity contribution >= 4 is 11.4 Å². The number of hydrogen-bond acceptors (Lipinski definition) is 4. The number of nitrogens with zero attached hydrogens (tertiary/aromatic N) is 3. The van der Waals surface area contributed by atoms with Crippen LogP contribution in [0.1, 0.15) is 24.7 Å². The average Bonchev–Trinajstić information content (AvgIpc) is 2.85. The highest BCUT2D eigenvalue weighted by Crippen LogP contribution is 2.25. The highest BCUT2D eigenvalue weighted by molar-refractivity contribution is 5.62. The fraction of sp³-hybridized carbons (Fsp3) is 0.357. The molecule has 0 aliphatic carbocycles. The van der Waals surface area contributed by atoms with Gasteiger partial charge in [0.05, 0.1) is 11.5 Å². The number of nitrogens with one attached hydrogen (secondary N) is 1. The van der Waals surface area contributed by atoms with Crippen LogP contribution >= 0.6 is 0 Å². The van der Waals surface area contributed by atoms with Crippen LogP contribution in [-0.2, 0) is 13.1 Å². The van der Waals surface area contributed by atoms with Crippen molar-refractivity contribution in [2.45, 2.75) is 33.4 Å². The van der Waals surface area contributed by atoms with Crippen molar-refractivity contribution in [1.82, 2.24) is 9.55 Å². The summed E-state index contributed by atoms with van der Waals surface area (Å²) in [5, 5.41) is 14.1. The molecule has 0 aliphatic heterocycles. The summed E-state index contributed by atoms with van der Waals surface area (Å²) in [5.74, 6) is 0.877. The summed E-state index contributed by atoms with van der Waals surface area (Å²) in [7, 11) is 0. The molecular weight excluding hydrogens is 256 g/mol. The molecule has 106 valence electrons. The molecule has 6 heteroatoms. The normalized spacial score (nSPS) is 10.5. The maximum absolute atomic E-state index is 11.0. The Morgan fingerprint density at radius 3 is 2.95 bits per heavy atom. The summed E-state index contributed by atoms with van der Waals surface area (Å²) in [5.41, 5.74) is 1.49. The Bertz CT molecular complexity index is 607. The molecule has 20 heavy (non-hydrogen) atoms. The molecule has 0 saturated carbocycles. The number of hydrogen-bond donors (Lipinski definition) is 1. The van der Waals surface area contributed by atoms with Crippen LogP contribution in [-0.4, -0.2) is 14.5 Å². The van der Waals surface area contributed by atoms with Crippen LogP contribution in [0.4, 0.5) is 11.4 Å². The number of nitro benzene ring substituents is 1. The predicted molar refractivity (Wildman–Crippen MR) is 77.7 cm³/mol. The van der Waals surface area contributed by atoms with Crippen LogP contribution in [0.15, 0.2) is 30.6 Å². The molecule has 0 bridgehead atoms. The van der Waals surface area contributed by atoms with E-state index in [1.807, 2.05) is 23.8 Å². The number of aryl methyl sites for hydroxylation is 2. The molecule has 0 fully saturated rings. The van der Waals surface area contributed by atoms with Crippen LogP contribution in [0.25, 0.3) is 0 Å². The van der Waals surface area contributed by atoms with Crippen molar-refractivity contribution in [3.8, 4) is 0 Å². The molecular formula is C14H18N4O2. The van der Waals surface area contributed by atoms with Crippen molar-refractivity contribution in [2.75, 3.05) is 5.32 Å². The zero-order valence-electron chi connectivity index (χ0n) is 11.7. The molecule has 1 N–H and O–H groups in total. The first-order valence-corrected chi connectivity index (χ1v) is 6.60. The number of aromatic nitrogens is 2. The van der Waals surface area contributed by atoms with Crippen molar-refractivity contribution < 1.29 is 4.92 Å². The first-order chi connectivity index (χ1) is 9.61. The Morgan fingerprint density at radius 1 is 1.45 bits per heavy atom. The van der Waals surface area contributed by atoms with Crippen LogP contribution in [0.3, 0.4) is 0 Å². The molecule has 0 saturated heterocycles. The molecule has 1 aromatic heterocycles. The first-order valence-electron chi connectivity index (χ1n) is 6.60. The Labute approximate surface area is 117 Å². The van der Waals surface area contributed by atoms with E-state index in [2.05, 4.69) is 17.2 Å². The lowest BCUT2D eigenvalue weighted by atomic mass is 10.2. The fourth-order valence-electron chi connectivity index (χ4n) is 2.07. The summed E-state index contributed by atoms with van der Waals surface area (Å²) in [4.78, 5) is 15.0. The van der Waals surface area contributed by atoms with E-state index in [0.29, 0.717) is 12.2 Å². The average molecular weight is 274 g/mol. The Balaban J connectivity index is 2.14. The smallest absolute Gasteiger partial charge is 0.292 e. The number of benzene rings is 1. The van der Waals surface area contributed by atoms with Crippen molar-refractivity contribution in [3.05, 3.63) is 52.1 Å². The standard InChI is InChI=1S/C14H18N4O2/c1-3-7-17-8-6-15-14(17)10-16-12-5-4-11(2)9-13(12)18(19)20/h4-6,8-9,16H,3,7,10H2,1-2H3. The van der Waals surface area contributed by atoms with Gasteiger partial charge in [-0.15, -0.1) is 0 Å². The lowest BCUT2D eigenvalue weighted by Crippen LogP contribution is -2.09. The van der Waals surface area contributed by atoms with Gasteiger partial charge in [-0.2, -0.15) is 0 Å². The van der Waals surface area contributed by atoms with E-state index in [1.54, 1.807) is 18.3 Å². The number of imidazole rings is 1. The Hall–Kier alpha value is -2.37. The summed E-state index contributed by atoms with van der Waals surface area (Å²) in [6.07, 6.45) is 4.69. The van der Waals surface area contributed by atoms with Crippen LogP contribution in [0.5, 0.6) is 0 Å². The third-order valence-electron chi connectivity index (χ3n) is 3.05. The van der Waals surface area contributed by atoms with E-state index in [0.717, 1.165) is 24.4 Å². The van der Waals surface area contributed by atoms with Gasteiger partial charge in [0.1, 0.15) is 11.5 Å². The van der Waals surface area contributed by atoms with Gasteiger partial charge in [0.15, 0.2) is 0 Å². The minimum absolute atomic E-state index is 0.0959. The van der Waals surface area contributed by atoms with Gasteiger partial charge < -0.3 is 9.88 Å². The van der Waals surface area contributed by atoms with Gasteiger partial charge in [0.2, 0.25) is 0 Å². The van der Waals surface area contributed by atoms with Crippen molar-refractivity contribution in [1.29, 1.82) is 0 Å². The molecule has 1 aromatic carbocycles. The molecule has 0 aliphatic rings. The van der Waals surface area contributed by atoms with Crippen LogP contribution < -0.4 is 5.32 Å². The van der Waals surface area contributed by atoms with Gasteiger partial charge in [-0.05, 0) is 25.0 Å². The number of nitro groups is 1. The van der Waals surface area contributed by atoms with E-state index in [-0.39, 0.29) is 10.6 Å². The summed E-state index contributed by atoms with van der Waals surface area (Å²) in [6.45, 7) is 5.30. The second-order valence-electron chi connectivity index (χ2n) is 4.67. The van der Waals surface area contributed by atoms with E-state index >= 15 is 0 Å². The van der Waals surface area contributed by atoms with Crippen LogP contribution in [0, 0.1) is 17.0 Å². The second kappa shape index (κ2) is 6.18. The third-order valence-corrected chi connectivity index (χ3v) is 3.05. The monoisotopic (exact) mass is 274 g/mol. The van der Waals surface area contributed by atoms with E-state index in [4.69, 9.17) is 0 Å². The summed E-state index contributed by atoms with van der Waals surface area (Å²) >= 11 is 0. The molecule has 0 unspecified atom stereocenters. The molecule has 6 nitrogen and oxygen atoms in total. The van der Waals surface area contributed by atoms with Gasteiger partial charge in [-0.1, -0.05) is 13.0 Å². The van der Waals surface area contributed by atoms with E-state index < -0.39 is 0 Å². The number of anilines is 1. The molecule has 0 spiro atoms. The van der Waals surface area contributed by atoms with Gasteiger partial charge >= 0.3 is 0 Å². The number of rotatable bonds is 6. The van der Waals surface area contributed by atoms with Gasteiger partial charge in [0, 0.05) is 25.0 Å². The minimum atomic E-state index is -0.367. The highest BCUT2D eigenvalue weighted by atomic mass is 16.6. The van der Waals surface area contributed by atoms with Crippen LogP contribution in [0.2, 0.25) is 0 Å². The predicted octanol–water partition coefficient (Wildman–Crippen LogP) is 3.12. The van der Waals surface area contributed by atoms with E-state index in [9.17, 15) is 10.1 Å². The Kier molecular flexibility index (Phi) is 4.34.